The number of aryl methyl sites for hydroxylation is 1. The molecule has 0 aromatic carbocycles. The third kappa shape index (κ3) is 4.56. The molecule has 0 saturated heterocycles. The van der Waals surface area contributed by atoms with Gasteiger partial charge >= 0.3 is 0 Å². The summed E-state index contributed by atoms with van der Waals surface area (Å²) >= 11 is 0. The molecule has 0 bridgehead atoms. The highest BCUT2D eigenvalue weighted by atomic mass is 16.5. The molecule has 1 heterocycles. The van der Waals surface area contributed by atoms with E-state index < -0.39 is 0 Å². The van der Waals surface area contributed by atoms with E-state index >= 15 is 0 Å². The van der Waals surface area contributed by atoms with Gasteiger partial charge in [-0.3, -0.25) is 9.48 Å². The number of hydrogen-bond acceptors (Lipinski definition) is 3. The van der Waals surface area contributed by atoms with E-state index in [-0.39, 0.29) is 12.5 Å². The van der Waals surface area contributed by atoms with Crippen LogP contribution < -0.4 is 5.32 Å². The quantitative estimate of drug-likeness (QED) is 0.712. The molecule has 0 aliphatic heterocycles. The van der Waals surface area contributed by atoms with Gasteiger partial charge in [0.25, 0.3) is 0 Å². The Balaban J connectivity index is 1.72. The SMILES string of the molecule is CCCCCOCC(=O)NCc1c(C2CCC2)cnn1C. The van der Waals surface area contributed by atoms with Gasteiger partial charge in [-0.1, -0.05) is 26.2 Å². The fourth-order valence-electron chi connectivity index (χ4n) is 2.61. The summed E-state index contributed by atoms with van der Waals surface area (Å²) < 4.78 is 7.24. The van der Waals surface area contributed by atoms with Crippen LogP contribution in [0.2, 0.25) is 0 Å². The lowest BCUT2D eigenvalue weighted by Crippen LogP contribution is -2.29. The van der Waals surface area contributed by atoms with Gasteiger partial charge in [0.2, 0.25) is 5.91 Å². The Morgan fingerprint density at radius 2 is 2.29 bits per heavy atom. The number of ether oxygens (including phenoxy) is 1. The van der Waals surface area contributed by atoms with Crippen LogP contribution in [0.4, 0.5) is 0 Å². The van der Waals surface area contributed by atoms with Crippen LogP contribution >= 0.6 is 0 Å². The number of amides is 1. The second-order valence-electron chi connectivity index (χ2n) is 5.83. The van der Waals surface area contributed by atoms with Gasteiger partial charge < -0.3 is 10.1 Å². The minimum absolute atomic E-state index is 0.0488. The number of hydrogen-bond donors (Lipinski definition) is 1. The van der Waals surface area contributed by atoms with Crippen LogP contribution in [0.1, 0.15) is 62.6 Å². The fourth-order valence-corrected chi connectivity index (χ4v) is 2.61. The maximum atomic E-state index is 11.8. The first-order valence-electron chi connectivity index (χ1n) is 8.07. The van der Waals surface area contributed by atoms with Gasteiger partial charge in [0, 0.05) is 13.7 Å². The van der Waals surface area contributed by atoms with Crippen molar-refractivity contribution in [3.63, 3.8) is 0 Å². The molecule has 1 saturated carbocycles. The summed E-state index contributed by atoms with van der Waals surface area (Å²) in [6.45, 7) is 3.51. The Hall–Kier alpha value is -1.36. The van der Waals surface area contributed by atoms with E-state index in [0.717, 1.165) is 18.5 Å². The van der Waals surface area contributed by atoms with Gasteiger partial charge in [0.05, 0.1) is 18.4 Å². The normalized spacial score (nSPS) is 15.0. The summed E-state index contributed by atoms with van der Waals surface area (Å²) in [4.78, 5) is 11.8. The lowest BCUT2D eigenvalue weighted by Gasteiger charge is -2.25. The van der Waals surface area contributed by atoms with Gasteiger partial charge in [0.15, 0.2) is 0 Å². The first-order valence-corrected chi connectivity index (χ1v) is 8.07. The molecule has 0 atom stereocenters. The lowest BCUT2D eigenvalue weighted by molar-refractivity contribution is -0.125. The van der Waals surface area contributed by atoms with E-state index in [1.54, 1.807) is 0 Å². The molecule has 1 aliphatic carbocycles. The Bertz CT molecular complexity index is 452. The fraction of sp³-hybridized carbons (Fsp3) is 0.750. The number of aromatic nitrogens is 2. The summed E-state index contributed by atoms with van der Waals surface area (Å²) in [5, 5.41) is 7.26. The highest BCUT2D eigenvalue weighted by molar-refractivity contribution is 5.77. The molecular formula is C16H27N3O2. The second kappa shape index (κ2) is 8.17. The molecule has 5 nitrogen and oxygen atoms in total. The van der Waals surface area contributed by atoms with Gasteiger partial charge in [-0.15, -0.1) is 0 Å². The average Bonchev–Trinajstić information content (AvgIpc) is 2.76. The van der Waals surface area contributed by atoms with Crippen molar-refractivity contribution in [1.29, 1.82) is 0 Å². The maximum absolute atomic E-state index is 11.8. The van der Waals surface area contributed by atoms with Gasteiger partial charge in [-0.05, 0) is 30.7 Å². The number of nitrogens with one attached hydrogen (secondary N) is 1. The topological polar surface area (TPSA) is 56.1 Å². The van der Waals surface area contributed by atoms with Crippen LogP contribution in [0.25, 0.3) is 0 Å². The van der Waals surface area contributed by atoms with Crippen LogP contribution in [0, 0.1) is 0 Å². The first kappa shape index (κ1) is 16.0. The number of unbranched alkanes of at least 4 members (excludes halogenated alkanes) is 2. The smallest absolute Gasteiger partial charge is 0.246 e. The minimum atomic E-state index is -0.0488. The molecule has 2 rings (SSSR count). The molecule has 118 valence electrons. The van der Waals surface area contributed by atoms with Crippen molar-refractivity contribution >= 4 is 5.91 Å². The Morgan fingerprint density at radius 3 is 2.95 bits per heavy atom. The molecule has 1 N–H and O–H groups in total. The predicted octanol–water partition coefficient (Wildman–Crippen LogP) is 2.51. The van der Waals surface area contributed by atoms with Crippen LogP contribution in [0.15, 0.2) is 6.20 Å². The summed E-state index contributed by atoms with van der Waals surface area (Å²) in [6, 6.07) is 0. The van der Waals surface area contributed by atoms with Crippen LogP contribution in [-0.2, 0) is 23.1 Å². The lowest BCUT2D eigenvalue weighted by atomic mass is 9.80. The van der Waals surface area contributed by atoms with Crippen molar-refractivity contribution < 1.29 is 9.53 Å². The first-order chi connectivity index (χ1) is 10.2. The van der Waals surface area contributed by atoms with Crippen molar-refractivity contribution in [3.8, 4) is 0 Å². The van der Waals surface area contributed by atoms with Crippen LogP contribution in [0.3, 0.4) is 0 Å². The monoisotopic (exact) mass is 293 g/mol. The van der Waals surface area contributed by atoms with Crippen molar-refractivity contribution in [1.82, 2.24) is 15.1 Å². The number of carbonyl (C=O) groups excluding carboxylic acids is 1. The van der Waals surface area contributed by atoms with Gasteiger partial charge in [-0.2, -0.15) is 5.10 Å². The van der Waals surface area contributed by atoms with Crippen molar-refractivity contribution in [2.24, 2.45) is 7.05 Å². The van der Waals surface area contributed by atoms with Gasteiger partial charge in [0.1, 0.15) is 6.61 Å². The highest BCUT2D eigenvalue weighted by Gasteiger charge is 2.24. The highest BCUT2D eigenvalue weighted by Crippen LogP contribution is 2.37. The van der Waals surface area contributed by atoms with Crippen molar-refractivity contribution in [2.75, 3.05) is 13.2 Å². The summed E-state index contributed by atoms with van der Waals surface area (Å²) in [6.07, 6.45) is 9.09. The number of rotatable bonds is 9. The van der Waals surface area contributed by atoms with Crippen LogP contribution in [0.5, 0.6) is 0 Å². The predicted molar refractivity (Wildman–Crippen MR) is 82.0 cm³/mol. The standard InChI is InChI=1S/C16H27N3O2/c1-3-4-5-9-21-12-16(20)17-11-15-14(10-18-19(15)2)13-7-6-8-13/h10,13H,3-9,11-12H2,1-2H3,(H,17,20). The Kier molecular flexibility index (Phi) is 6.23. The van der Waals surface area contributed by atoms with E-state index in [1.807, 2.05) is 17.9 Å². The van der Waals surface area contributed by atoms with E-state index in [0.29, 0.717) is 19.1 Å². The van der Waals surface area contributed by atoms with Crippen molar-refractivity contribution in [2.45, 2.75) is 57.9 Å². The zero-order chi connectivity index (χ0) is 15.1. The third-order valence-electron chi connectivity index (χ3n) is 4.22. The van der Waals surface area contributed by atoms with E-state index in [9.17, 15) is 4.79 Å². The molecule has 0 unspecified atom stereocenters. The van der Waals surface area contributed by atoms with E-state index in [2.05, 4.69) is 17.3 Å². The van der Waals surface area contributed by atoms with E-state index in [1.165, 1.54) is 31.2 Å². The number of nitrogens with zero attached hydrogens (tertiary/aromatic N) is 2. The minimum Gasteiger partial charge on any atom is -0.372 e. The number of carbonyl (C=O) groups is 1. The van der Waals surface area contributed by atoms with Crippen molar-refractivity contribution in [3.05, 3.63) is 17.5 Å². The molecule has 1 aliphatic rings. The summed E-state index contributed by atoms with van der Waals surface area (Å²) in [5.74, 6) is 0.586. The molecule has 1 fully saturated rings. The second-order valence-corrected chi connectivity index (χ2v) is 5.83. The molecule has 1 aromatic heterocycles. The molecule has 0 spiro atoms. The zero-order valence-corrected chi connectivity index (χ0v) is 13.2. The summed E-state index contributed by atoms with van der Waals surface area (Å²) in [5.41, 5.74) is 2.42. The molecule has 1 aromatic rings. The largest absolute Gasteiger partial charge is 0.372 e. The molecule has 5 heteroatoms. The van der Waals surface area contributed by atoms with Gasteiger partial charge in [-0.25, -0.2) is 0 Å². The van der Waals surface area contributed by atoms with Crippen LogP contribution in [-0.4, -0.2) is 28.9 Å². The molecule has 1 amide bonds. The Morgan fingerprint density at radius 1 is 1.48 bits per heavy atom. The average molecular weight is 293 g/mol. The summed E-state index contributed by atoms with van der Waals surface area (Å²) in [7, 11) is 1.94. The molecule has 21 heavy (non-hydrogen) atoms. The van der Waals surface area contributed by atoms with E-state index in [4.69, 9.17) is 4.74 Å². The molecule has 0 radical (unpaired) electrons. The maximum Gasteiger partial charge on any atom is 0.246 e. The third-order valence-corrected chi connectivity index (χ3v) is 4.22. The molecular weight excluding hydrogens is 266 g/mol. The Labute approximate surface area is 127 Å². The zero-order valence-electron chi connectivity index (χ0n) is 13.2.